The Morgan fingerprint density at radius 3 is 1.26 bits per heavy atom. The second kappa shape index (κ2) is 13.4. The molecule has 0 aromatic heterocycles. The van der Waals surface area contributed by atoms with Gasteiger partial charge in [-0.3, -0.25) is 0 Å². The average molecular weight is 753 g/mol. The maximum Gasteiger partial charge on any atom is -0.00207 e. The summed E-state index contributed by atoms with van der Waals surface area (Å²) in [5.74, 6) is 0. The van der Waals surface area contributed by atoms with E-state index in [4.69, 9.17) is 0 Å². The van der Waals surface area contributed by atoms with Crippen LogP contribution < -0.4 is 10.4 Å². The second-order valence-corrected chi connectivity index (χ2v) is 19.4. The van der Waals surface area contributed by atoms with Gasteiger partial charge in [0, 0.05) is 0 Å². The predicted octanol–water partition coefficient (Wildman–Crippen LogP) is 13.2. The molecule has 7 aromatic carbocycles. The van der Waals surface area contributed by atoms with E-state index in [1.807, 2.05) is 0 Å². The van der Waals surface area contributed by atoms with Gasteiger partial charge in [0.25, 0.3) is 0 Å². The summed E-state index contributed by atoms with van der Waals surface area (Å²) < 4.78 is 0. The zero-order chi connectivity index (χ0) is 41.0. The lowest BCUT2D eigenvalue weighted by atomic mass is 9.80. The normalized spacial score (nSPS) is 13.1. The summed E-state index contributed by atoms with van der Waals surface area (Å²) in [6.45, 7) is 27.7. The topological polar surface area (TPSA) is 0 Å². The largest absolute Gasteiger partial charge is 0.0616 e. The lowest BCUT2D eigenvalue weighted by molar-refractivity contribution is 0.589. The van der Waals surface area contributed by atoms with Gasteiger partial charge >= 0.3 is 0 Å². The molecule has 0 N–H and O–H groups in total. The summed E-state index contributed by atoms with van der Waals surface area (Å²) in [4.78, 5) is 0. The third-order valence-corrected chi connectivity index (χ3v) is 12.9. The molecule has 0 unspecified atom stereocenters. The molecule has 0 heteroatoms. The summed E-state index contributed by atoms with van der Waals surface area (Å²) in [5.41, 5.74) is 23.5. The van der Waals surface area contributed by atoms with Crippen LogP contribution in [-0.4, -0.2) is 0 Å². The number of hydrogen-bond donors (Lipinski definition) is 0. The second-order valence-electron chi connectivity index (χ2n) is 19.4. The first kappa shape index (κ1) is 37.8. The van der Waals surface area contributed by atoms with Crippen molar-refractivity contribution in [2.45, 2.75) is 93.9 Å². The van der Waals surface area contributed by atoms with Crippen molar-refractivity contribution in [1.82, 2.24) is 0 Å². The molecule has 0 spiro atoms. The number of benzene rings is 7. The molecule has 0 radical (unpaired) electrons. The molecular weight excluding hydrogens is 697 g/mol. The lowest BCUT2D eigenvalue weighted by Crippen LogP contribution is -2.20. The van der Waals surface area contributed by atoms with Gasteiger partial charge in [-0.1, -0.05) is 150 Å². The van der Waals surface area contributed by atoms with E-state index in [0.717, 1.165) is 0 Å². The molecule has 2 aliphatic carbocycles. The Morgan fingerprint density at radius 2 is 0.707 bits per heavy atom. The molecule has 0 saturated carbocycles. The first-order chi connectivity index (χ1) is 27.5. The molecule has 0 atom stereocenters. The van der Waals surface area contributed by atoms with E-state index < -0.39 is 0 Å². The molecule has 288 valence electrons. The van der Waals surface area contributed by atoms with Crippen molar-refractivity contribution in [1.29, 1.82) is 0 Å². The van der Waals surface area contributed by atoms with Crippen molar-refractivity contribution in [3.05, 3.63) is 219 Å². The van der Waals surface area contributed by atoms with Gasteiger partial charge in [0.05, 0.1) is 0 Å². The molecule has 0 bridgehead atoms. The number of aryl methyl sites for hydroxylation is 6. The molecular formula is C58H56. The maximum atomic E-state index is 2.61. The van der Waals surface area contributed by atoms with E-state index in [1.54, 1.807) is 0 Å². The predicted molar refractivity (Wildman–Crippen MR) is 247 cm³/mol. The Kier molecular flexibility index (Phi) is 8.76. The van der Waals surface area contributed by atoms with Gasteiger partial charge in [-0.05, 0) is 197 Å². The van der Waals surface area contributed by atoms with E-state index in [2.05, 4.69) is 204 Å². The summed E-state index contributed by atoms with van der Waals surface area (Å²) in [7, 11) is 0. The van der Waals surface area contributed by atoms with Crippen LogP contribution in [0.25, 0.3) is 33.4 Å². The third-order valence-electron chi connectivity index (χ3n) is 12.9. The zero-order valence-corrected chi connectivity index (χ0v) is 36.5. The van der Waals surface area contributed by atoms with Crippen molar-refractivity contribution < 1.29 is 0 Å². The SMILES string of the molecule is Cc1cc(C)c(C2=c3cc4c(cc3-c3ccccc3-c3ccc(C(C)(C)C)cc32)=c2ccccc2=c2ccc(C(C)(C)C)cc2=C4c2c(C)cc(C)cc2C)c(C)c1. The van der Waals surface area contributed by atoms with Gasteiger partial charge in [0.1, 0.15) is 0 Å². The van der Waals surface area contributed by atoms with Crippen LogP contribution in [0.5, 0.6) is 0 Å². The molecule has 9 rings (SSSR count). The number of hydrogen-bond acceptors (Lipinski definition) is 0. The molecule has 0 aliphatic heterocycles. The first-order valence-electron chi connectivity index (χ1n) is 21.1. The highest BCUT2D eigenvalue weighted by molar-refractivity contribution is 6.00. The van der Waals surface area contributed by atoms with Crippen LogP contribution in [0.3, 0.4) is 0 Å². The lowest BCUT2D eigenvalue weighted by Gasteiger charge is -2.24. The van der Waals surface area contributed by atoms with E-state index >= 15 is 0 Å². The minimum Gasteiger partial charge on any atom is -0.0616 e. The molecule has 0 nitrogen and oxygen atoms in total. The first-order valence-corrected chi connectivity index (χ1v) is 21.1. The highest BCUT2D eigenvalue weighted by Gasteiger charge is 2.28. The van der Waals surface area contributed by atoms with Crippen LogP contribution in [0.2, 0.25) is 0 Å². The summed E-state index contributed by atoms with van der Waals surface area (Å²) >= 11 is 0. The third kappa shape index (κ3) is 6.03. The van der Waals surface area contributed by atoms with Crippen molar-refractivity contribution in [2.24, 2.45) is 0 Å². The Hall–Kier alpha value is -5.72. The van der Waals surface area contributed by atoms with Crippen molar-refractivity contribution in [3.8, 4) is 22.3 Å². The highest BCUT2D eigenvalue weighted by atomic mass is 14.3. The summed E-state index contributed by atoms with van der Waals surface area (Å²) in [6, 6.07) is 47.5. The number of rotatable bonds is 2. The average Bonchev–Trinajstić information content (AvgIpc) is 3.34. The summed E-state index contributed by atoms with van der Waals surface area (Å²) in [6.07, 6.45) is 0. The van der Waals surface area contributed by atoms with Crippen LogP contribution in [0, 0.1) is 62.4 Å². The van der Waals surface area contributed by atoms with Crippen molar-refractivity contribution in [2.75, 3.05) is 0 Å². The fraction of sp³-hybridized carbons (Fsp3) is 0.241. The number of fused-ring (bicyclic) bond motifs is 8. The van der Waals surface area contributed by atoms with Gasteiger partial charge < -0.3 is 0 Å². The van der Waals surface area contributed by atoms with E-state index in [0.29, 0.717) is 0 Å². The van der Waals surface area contributed by atoms with E-state index in [-0.39, 0.29) is 10.8 Å². The smallest absolute Gasteiger partial charge is 0.00207 e. The fourth-order valence-electron chi connectivity index (χ4n) is 10.2. The van der Waals surface area contributed by atoms with Crippen LogP contribution in [0.1, 0.15) is 108 Å². The van der Waals surface area contributed by atoms with Gasteiger partial charge in [-0.15, -0.1) is 0 Å². The maximum absolute atomic E-state index is 2.61. The quantitative estimate of drug-likeness (QED) is 0.165. The molecule has 58 heavy (non-hydrogen) atoms. The van der Waals surface area contributed by atoms with Gasteiger partial charge in [0.15, 0.2) is 0 Å². The zero-order valence-electron chi connectivity index (χ0n) is 36.5. The Bertz CT molecular complexity index is 3180. The minimum atomic E-state index is -0.0143. The molecule has 7 aromatic rings. The van der Waals surface area contributed by atoms with E-state index in [9.17, 15) is 0 Å². The Labute approximate surface area is 345 Å². The van der Waals surface area contributed by atoms with Crippen LogP contribution >= 0.6 is 0 Å². The highest BCUT2D eigenvalue weighted by Crippen LogP contribution is 2.44. The van der Waals surface area contributed by atoms with Gasteiger partial charge in [-0.25, -0.2) is 0 Å². The van der Waals surface area contributed by atoms with Crippen LogP contribution in [0.4, 0.5) is 0 Å². The summed E-state index contributed by atoms with van der Waals surface area (Å²) in [5, 5.41) is 7.73. The minimum absolute atomic E-state index is 0.0143. The molecule has 0 fully saturated rings. The van der Waals surface area contributed by atoms with Crippen molar-refractivity contribution >= 4 is 11.1 Å². The van der Waals surface area contributed by atoms with Crippen molar-refractivity contribution in [3.63, 3.8) is 0 Å². The molecule has 0 amide bonds. The Balaban J connectivity index is 1.63. The van der Waals surface area contributed by atoms with Gasteiger partial charge in [-0.2, -0.15) is 0 Å². The molecule has 2 aliphatic rings. The Morgan fingerprint density at radius 1 is 0.293 bits per heavy atom. The van der Waals surface area contributed by atoms with Gasteiger partial charge in [0.2, 0.25) is 0 Å². The monoisotopic (exact) mass is 752 g/mol. The fourth-order valence-corrected chi connectivity index (χ4v) is 10.2. The van der Waals surface area contributed by atoms with E-state index in [1.165, 1.54) is 131 Å². The van der Waals surface area contributed by atoms with Crippen LogP contribution in [0.15, 0.2) is 121 Å². The standard InChI is InChI=1S/C58H56/c1-33-25-35(3)53(36(4)26-33)55-49-29-39(57(7,8)9)21-23-45(49)41-17-13-15-19-43(41)47-31-48-44-20-16-14-18-42(44)46-24-22-40(58(10,11)12)30-50(46)56(52(48)32-51(47)55)54-37(5)27-34(2)28-38(54)6/h13-32H,1-12H3. The molecule has 0 saturated heterocycles. The molecule has 0 heterocycles. The van der Waals surface area contributed by atoms with Crippen LogP contribution in [-0.2, 0) is 10.8 Å².